The van der Waals surface area contributed by atoms with Crippen molar-refractivity contribution in [3.8, 4) is 5.75 Å². The Kier molecular flexibility index (Phi) is 4.37. The molecule has 0 aliphatic carbocycles. The number of ether oxygens (including phenoxy) is 1. The number of nitrogens with zero attached hydrogens (tertiary/aromatic N) is 1. The highest BCUT2D eigenvalue weighted by atomic mass is 16.5. The molecule has 106 valence electrons. The first-order valence-electron chi connectivity index (χ1n) is 6.60. The first-order chi connectivity index (χ1) is 9.59. The number of hydrogen-bond acceptors (Lipinski definition) is 4. The number of hydrogen-bond donors (Lipinski definition) is 2. The summed E-state index contributed by atoms with van der Waals surface area (Å²) in [6, 6.07) is 12.2. The number of rotatable bonds is 5. The van der Waals surface area contributed by atoms with Gasteiger partial charge >= 0.3 is 0 Å². The van der Waals surface area contributed by atoms with Crippen LogP contribution in [0.4, 0.5) is 0 Å². The van der Waals surface area contributed by atoms with Crippen LogP contribution < -0.4 is 16.0 Å². The minimum absolute atomic E-state index is 0.0625. The molecule has 2 rings (SSSR count). The predicted molar refractivity (Wildman–Crippen MR) is 80.3 cm³/mol. The van der Waals surface area contributed by atoms with Crippen molar-refractivity contribution < 1.29 is 4.74 Å². The van der Waals surface area contributed by atoms with Crippen LogP contribution in [0.2, 0.25) is 0 Å². The van der Waals surface area contributed by atoms with Crippen LogP contribution in [0, 0.1) is 0 Å². The van der Waals surface area contributed by atoms with Gasteiger partial charge in [-0.1, -0.05) is 44.2 Å². The van der Waals surface area contributed by atoms with Gasteiger partial charge in [-0.2, -0.15) is 0 Å². The number of nitrogens with one attached hydrogen (secondary N) is 1. The lowest BCUT2D eigenvalue weighted by molar-refractivity contribution is 0.349. The van der Waals surface area contributed by atoms with E-state index in [2.05, 4.69) is 36.4 Å². The van der Waals surface area contributed by atoms with E-state index in [1.807, 2.05) is 30.5 Å². The molecule has 3 N–H and O–H groups in total. The third-order valence-corrected chi connectivity index (χ3v) is 3.71. The molecule has 0 bridgehead atoms. The summed E-state index contributed by atoms with van der Waals surface area (Å²) < 4.78 is 5.24. The van der Waals surface area contributed by atoms with Gasteiger partial charge < -0.3 is 4.74 Å². The summed E-state index contributed by atoms with van der Waals surface area (Å²) in [5.74, 6) is 6.53. The monoisotopic (exact) mass is 271 g/mol. The second-order valence-electron chi connectivity index (χ2n) is 5.35. The molecular formula is C16H21N3O. The molecule has 0 spiro atoms. The highest BCUT2D eigenvalue weighted by molar-refractivity contribution is 5.33. The number of pyridine rings is 1. The molecule has 0 aliphatic rings. The van der Waals surface area contributed by atoms with Crippen LogP contribution in [-0.4, -0.2) is 12.1 Å². The van der Waals surface area contributed by atoms with Crippen LogP contribution in [0.15, 0.2) is 48.8 Å². The van der Waals surface area contributed by atoms with Crippen molar-refractivity contribution in [1.29, 1.82) is 0 Å². The van der Waals surface area contributed by atoms with Gasteiger partial charge in [-0.05, 0) is 17.2 Å². The van der Waals surface area contributed by atoms with Crippen molar-refractivity contribution in [2.75, 3.05) is 7.11 Å². The molecule has 0 saturated carbocycles. The largest absolute Gasteiger partial charge is 0.495 e. The average molecular weight is 271 g/mol. The van der Waals surface area contributed by atoms with Gasteiger partial charge in [0.1, 0.15) is 5.75 Å². The lowest BCUT2D eigenvalue weighted by Gasteiger charge is -2.34. The smallest absolute Gasteiger partial charge is 0.137 e. The SMILES string of the molecule is COc1cncc(C(NN)C(C)(C)c2ccccc2)c1. The van der Waals surface area contributed by atoms with E-state index in [1.54, 1.807) is 13.3 Å². The first-order valence-corrected chi connectivity index (χ1v) is 6.60. The first kappa shape index (κ1) is 14.5. The molecule has 0 aliphatic heterocycles. The van der Waals surface area contributed by atoms with E-state index < -0.39 is 0 Å². The van der Waals surface area contributed by atoms with Crippen molar-refractivity contribution >= 4 is 0 Å². The standard InChI is InChI=1S/C16H21N3O/c1-16(2,13-7-5-4-6-8-13)15(19-17)12-9-14(20-3)11-18-10-12/h4-11,15,19H,17H2,1-3H3. The van der Waals surface area contributed by atoms with Crippen molar-refractivity contribution in [3.63, 3.8) is 0 Å². The quantitative estimate of drug-likeness (QED) is 0.648. The fraction of sp³-hybridized carbons (Fsp3) is 0.312. The minimum Gasteiger partial charge on any atom is -0.495 e. The number of benzene rings is 1. The Hall–Kier alpha value is -1.91. The Morgan fingerprint density at radius 3 is 2.50 bits per heavy atom. The molecule has 0 radical (unpaired) electrons. The summed E-state index contributed by atoms with van der Waals surface area (Å²) in [5, 5.41) is 0. The Balaban J connectivity index is 2.40. The molecule has 1 heterocycles. The Bertz CT molecular complexity index is 555. The Morgan fingerprint density at radius 2 is 1.90 bits per heavy atom. The fourth-order valence-electron chi connectivity index (χ4n) is 2.46. The predicted octanol–water partition coefficient (Wildman–Crippen LogP) is 2.57. The number of nitrogens with two attached hydrogens (primary N) is 1. The molecule has 4 heteroatoms. The van der Waals surface area contributed by atoms with E-state index in [9.17, 15) is 0 Å². The van der Waals surface area contributed by atoms with Crippen LogP contribution >= 0.6 is 0 Å². The number of aromatic nitrogens is 1. The van der Waals surface area contributed by atoms with Crippen molar-refractivity contribution in [2.45, 2.75) is 25.3 Å². The van der Waals surface area contributed by atoms with E-state index in [0.29, 0.717) is 0 Å². The molecule has 0 amide bonds. The van der Waals surface area contributed by atoms with Gasteiger partial charge in [0.25, 0.3) is 0 Å². The van der Waals surface area contributed by atoms with E-state index >= 15 is 0 Å². The van der Waals surface area contributed by atoms with Crippen molar-refractivity contribution in [1.82, 2.24) is 10.4 Å². The Labute approximate surface area is 120 Å². The third-order valence-electron chi connectivity index (χ3n) is 3.71. The zero-order valence-electron chi connectivity index (χ0n) is 12.1. The average Bonchev–Trinajstić information content (AvgIpc) is 2.49. The zero-order valence-corrected chi connectivity index (χ0v) is 12.1. The summed E-state index contributed by atoms with van der Waals surface area (Å²) >= 11 is 0. The summed E-state index contributed by atoms with van der Waals surface area (Å²) in [6.07, 6.45) is 3.50. The zero-order chi connectivity index (χ0) is 14.6. The molecule has 20 heavy (non-hydrogen) atoms. The number of hydrazine groups is 1. The summed E-state index contributed by atoms with van der Waals surface area (Å²) in [7, 11) is 1.63. The van der Waals surface area contributed by atoms with Crippen molar-refractivity contribution in [2.24, 2.45) is 5.84 Å². The van der Waals surface area contributed by atoms with Gasteiger partial charge in [-0.3, -0.25) is 16.3 Å². The van der Waals surface area contributed by atoms with E-state index in [4.69, 9.17) is 10.6 Å². The molecule has 4 nitrogen and oxygen atoms in total. The molecule has 2 aromatic rings. The summed E-state index contributed by atoms with van der Waals surface area (Å²) in [5.41, 5.74) is 4.95. The molecule has 1 atom stereocenters. The van der Waals surface area contributed by atoms with Crippen molar-refractivity contribution in [3.05, 3.63) is 59.9 Å². The van der Waals surface area contributed by atoms with Gasteiger partial charge in [0.15, 0.2) is 0 Å². The number of methoxy groups -OCH3 is 1. The minimum atomic E-state index is -0.177. The molecule has 0 fully saturated rings. The van der Waals surface area contributed by atoms with Gasteiger partial charge in [0, 0.05) is 11.6 Å². The molecule has 1 unspecified atom stereocenters. The maximum Gasteiger partial charge on any atom is 0.137 e. The Morgan fingerprint density at radius 1 is 1.20 bits per heavy atom. The molecular weight excluding hydrogens is 250 g/mol. The van der Waals surface area contributed by atoms with Crippen LogP contribution in [0.25, 0.3) is 0 Å². The second kappa shape index (κ2) is 6.03. The fourth-order valence-corrected chi connectivity index (χ4v) is 2.46. The lowest BCUT2D eigenvalue weighted by atomic mass is 9.75. The third kappa shape index (κ3) is 2.81. The summed E-state index contributed by atoms with van der Waals surface area (Å²) in [4.78, 5) is 4.21. The maximum atomic E-state index is 5.80. The van der Waals surface area contributed by atoms with Gasteiger partial charge in [0.05, 0.1) is 19.3 Å². The highest BCUT2D eigenvalue weighted by Crippen LogP contribution is 2.36. The normalized spacial score (nSPS) is 13.0. The van der Waals surface area contributed by atoms with E-state index in [-0.39, 0.29) is 11.5 Å². The molecule has 0 saturated heterocycles. The summed E-state index contributed by atoms with van der Waals surface area (Å²) in [6.45, 7) is 4.32. The molecule has 1 aromatic carbocycles. The van der Waals surface area contributed by atoms with Gasteiger partial charge in [0.2, 0.25) is 0 Å². The van der Waals surface area contributed by atoms with Gasteiger partial charge in [-0.15, -0.1) is 0 Å². The second-order valence-corrected chi connectivity index (χ2v) is 5.35. The maximum absolute atomic E-state index is 5.80. The van der Waals surface area contributed by atoms with Crippen LogP contribution in [0.1, 0.15) is 31.0 Å². The van der Waals surface area contributed by atoms with Crippen LogP contribution in [-0.2, 0) is 5.41 Å². The van der Waals surface area contributed by atoms with E-state index in [0.717, 1.165) is 11.3 Å². The van der Waals surface area contributed by atoms with E-state index in [1.165, 1.54) is 5.56 Å². The lowest BCUT2D eigenvalue weighted by Crippen LogP contribution is -2.41. The van der Waals surface area contributed by atoms with Gasteiger partial charge in [-0.25, -0.2) is 0 Å². The van der Waals surface area contributed by atoms with Crippen LogP contribution in [0.3, 0.4) is 0 Å². The van der Waals surface area contributed by atoms with Crippen LogP contribution in [0.5, 0.6) is 5.75 Å². The topological polar surface area (TPSA) is 60.2 Å². The molecule has 1 aromatic heterocycles. The highest BCUT2D eigenvalue weighted by Gasteiger charge is 2.32.